The maximum Gasteiger partial charge on any atom is 0.261 e. The summed E-state index contributed by atoms with van der Waals surface area (Å²) in [7, 11) is -3.79. The molecular weight excluding hydrogens is 482 g/mol. The van der Waals surface area contributed by atoms with Crippen molar-refractivity contribution in [3.63, 3.8) is 0 Å². The fraction of sp³-hybridized carbons (Fsp3) is 0. The molecule has 0 aromatic heterocycles. The highest BCUT2D eigenvalue weighted by atomic mass is 35.5. The summed E-state index contributed by atoms with van der Waals surface area (Å²) in [4.78, 5) is 13.3. The lowest BCUT2D eigenvalue weighted by atomic mass is 9.99. The third kappa shape index (κ3) is 4.77. The number of rotatable bonds is 6. The third-order valence-electron chi connectivity index (χ3n) is 5.50. The zero-order valence-electron chi connectivity index (χ0n) is 18.3. The van der Waals surface area contributed by atoms with Crippen LogP contribution >= 0.6 is 11.6 Å². The zero-order valence-corrected chi connectivity index (χ0v) is 19.9. The largest absolute Gasteiger partial charge is 0.354 e. The molecule has 0 fully saturated rings. The van der Waals surface area contributed by atoms with Crippen molar-refractivity contribution in [2.45, 2.75) is 4.90 Å². The van der Waals surface area contributed by atoms with Gasteiger partial charge in [0.15, 0.2) is 0 Å². The number of benzene rings is 4. The molecule has 0 aliphatic carbocycles. The van der Waals surface area contributed by atoms with E-state index in [1.807, 2.05) is 42.5 Å². The number of fused-ring (bicyclic) bond motifs is 1. The van der Waals surface area contributed by atoms with Gasteiger partial charge in [0.05, 0.1) is 16.2 Å². The Kier molecular flexibility index (Phi) is 6.03. The molecule has 5 rings (SSSR count). The Morgan fingerprint density at radius 2 is 1.40 bits per heavy atom. The van der Waals surface area contributed by atoms with Crippen LogP contribution < -0.4 is 15.4 Å². The van der Waals surface area contributed by atoms with E-state index in [9.17, 15) is 13.2 Å². The molecule has 35 heavy (non-hydrogen) atoms. The van der Waals surface area contributed by atoms with Crippen LogP contribution in [0.2, 0.25) is 5.02 Å². The van der Waals surface area contributed by atoms with Crippen molar-refractivity contribution in [1.82, 2.24) is 0 Å². The van der Waals surface area contributed by atoms with Crippen molar-refractivity contribution < 1.29 is 13.2 Å². The van der Waals surface area contributed by atoms with Crippen LogP contribution in [0.25, 0.3) is 11.3 Å². The SMILES string of the molecule is O=C1Nc2ccc(NS(=O)(=O)c3ccccc3)cc2/C1=C(/Nc1ccc(Cl)cc1)c1ccccc1. The van der Waals surface area contributed by atoms with Crippen molar-refractivity contribution in [2.24, 2.45) is 0 Å². The number of anilines is 3. The summed E-state index contributed by atoms with van der Waals surface area (Å²) in [6, 6.07) is 29.7. The molecule has 1 aliphatic rings. The van der Waals surface area contributed by atoms with Crippen LogP contribution in [0.3, 0.4) is 0 Å². The van der Waals surface area contributed by atoms with Gasteiger partial charge in [0.25, 0.3) is 15.9 Å². The Hall–Kier alpha value is -4.07. The highest BCUT2D eigenvalue weighted by molar-refractivity contribution is 7.92. The van der Waals surface area contributed by atoms with E-state index < -0.39 is 10.0 Å². The molecule has 0 spiro atoms. The molecule has 4 aromatic carbocycles. The lowest BCUT2D eigenvalue weighted by Crippen LogP contribution is -2.13. The molecule has 0 saturated heterocycles. The highest BCUT2D eigenvalue weighted by Gasteiger charge is 2.29. The van der Waals surface area contributed by atoms with E-state index >= 15 is 0 Å². The summed E-state index contributed by atoms with van der Waals surface area (Å²) in [6.07, 6.45) is 0. The Morgan fingerprint density at radius 3 is 2.09 bits per heavy atom. The van der Waals surface area contributed by atoms with Crippen LogP contribution in [0.15, 0.2) is 108 Å². The average Bonchev–Trinajstić information content (AvgIpc) is 3.19. The summed E-state index contributed by atoms with van der Waals surface area (Å²) >= 11 is 6.04. The van der Waals surface area contributed by atoms with Crippen molar-refractivity contribution in [3.8, 4) is 0 Å². The van der Waals surface area contributed by atoms with Gasteiger partial charge in [-0.15, -0.1) is 0 Å². The Labute approximate surface area is 208 Å². The number of hydrogen-bond donors (Lipinski definition) is 3. The van der Waals surface area contributed by atoms with Crippen molar-refractivity contribution in [2.75, 3.05) is 15.4 Å². The molecule has 1 aliphatic heterocycles. The van der Waals surface area contributed by atoms with Crippen LogP contribution in [0.1, 0.15) is 11.1 Å². The predicted molar refractivity (Wildman–Crippen MR) is 141 cm³/mol. The molecule has 0 radical (unpaired) electrons. The summed E-state index contributed by atoms with van der Waals surface area (Å²) in [6.45, 7) is 0. The molecule has 8 heteroatoms. The first-order chi connectivity index (χ1) is 16.9. The standard InChI is InChI=1S/C27H20ClN3O3S/c28-19-11-13-20(14-12-19)29-26(18-7-3-1-4-8-18)25-23-17-21(15-16-24(23)30-27(25)32)31-35(33,34)22-9-5-2-6-10-22/h1-17,29,31H,(H,30,32)/b26-25-. The van der Waals surface area contributed by atoms with Crippen LogP contribution in [0.4, 0.5) is 17.1 Å². The molecule has 0 unspecified atom stereocenters. The third-order valence-corrected chi connectivity index (χ3v) is 7.15. The minimum absolute atomic E-state index is 0.153. The van der Waals surface area contributed by atoms with Crippen LogP contribution in [0, 0.1) is 0 Å². The average molecular weight is 502 g/mol. The lowest BCUT2D eigenvalue weighted by Gasteiger charge is -2.15. The van der Waals surface area contributed by atoms with Crippen molar-refractivity contribution >= 4 is 55.9 Å². The van der Waals surface area contributed by atoms with Crippen LogP contribution in [-0.2, 0) is 14.8 Å². The van der Waals surface area contributed by atoms with Gasteiger partial charge in [-0.1, -0.05) is 60.1 Å². The number of amides is 1. The number of sulfonamides is 1. The summed E-state index contributed by atoms with van der Waals surface area (Å²) in [5.41, 5.74) is 4.08. The topological polar surface area (TPSA) is 87.3 Å². The quantitative estimate of drug-likeness (QED) is 0.280. The van der Waals surface area contributed by atoms with E-state index in [1.54, 1.807) is 48.5 Å². The number of hydrogen-bond acceptors (Lipinski definition) is 4. The Bertz CT molecular complexity index is 1540. The molecule has 3 N–H and O–H groups in total. The fourth-order valence-electron chi connectivity index (χ4n) is 3.85. The van der Waals surface area contributed by atoms with E-state index in [-0.39, 0.29) is 10.8 Å². The van der Waals surface area contributed by atoms with Crippen LogP contribution in [0.5, 0.6) is 0 Å². The molecule has 4 aromatic rings. The van der Waals surface area contributed by atoms with Gasteiger partial charge in [0.2, 0.25) is 0 Å². The van der Waals surface area contributed by atoms with E-state index in [0.29, 0.717) is 33.2 Å². The first kappa shape index (κ1) is 22.7. The van der Waals surface area contributed by atoms with Gasteiger partial charge in [0.1, 0.15) is 0 Å². The van der Waals surface area contributed by atoms with E-state index in [2.05, 4.69) is 15.4 Å². The minimum Gasteiger partial charge on any atom is -0.354 e. The first-order valence-corrected chi connectivity index (χ1v) is 12.6. The summed E-state index contributed by atoms with van der Waals surface area (Å²) < 4.78 is 28.3. The second-order valence-electron chi connectivity index (χ2n) is 7.88. The van der Waals surface area contributed by atoms with Gasteiger partial charge in [0, 0.05) is 27.6 Å². The smallest absolute Gasteiger partial charge is 0.261 e. The number of nitrogens with one attached hydrogen (secondary N) is 3. The van der Waals surface area contributed by atoms with Crippen molar-refractivity contribution in [1.29, 1.82) is 0 Å². The zero-order chi connectivity index (χ0) is 24.4. The molecular formula is C27H20ClN3O3S. The Balaban J connectivity index is 1.60. The molecule has 1 amide bonds. The lowest BCUT2D eigenvalue weighted by molar-refractivity contribution is -0.110. The molecule has 1 heterocycles. The second-order valence-corrected chi connectivity index (χ2v) is 10.00. The normalized spacial score (nSPS) is 14.1. The van der Waals surface area contributed by atoms with Crippen LogP contribution in [-0.4, -0.2) is 14.3 Å². The maximum absolute atomic E-state index is 13.1. The van der Waals surface area contributed by atoms with Crippen molar-refractivity contribution in [3.05, 3.63) is 119 Å². The van der Waals surface area contributed by atoms with Gasteiger partial charge >= 0.3 is 0 Å². The van der Waals surface area contributed by atoms with E-state index in [4.69, 9.17) is 11.6 Å². The van der Waals surface area contributed by atoms with Gasteiger partial charge < -0.3 is 10.6 Å². The monoisotopic (exact) mass is 501 g/mol. The van der Waals surface area contributed by atoms with Gasteiger partial charge in [-0.2, -0.15) is 0 Å². The predicted octanol–water partition coefficient (Wildman–Crippen LogP) is 6.07. The van der Waals surface area contributed by atoms with E-state index in [0.717, 1.165) is 11.3 Å². The molecule has 0 bridgehead atoms. The number of carbonyl (C=O) groups excluding carboxylic acids is 1. The first-order valence-electron chi connectivity index (χ1n) is 10.8. The van der Waals surface area contributed by atoms with Gasteiger partial charge in [-0.05, 0) is 60.2 Å². The van der Waals surface area contributed by atoms with Gasteiger partial charge in [-0.3, -0.25) is 9.52 Å². The molecule has 174 valence electrons. The fourth-order valence-corrected chi connectivity index (χ4v) is 5.05. The molecule has 0 atom stereocenters. The maximum atomic E-state index is 13.1. The Morgan fingerprint density at radius 1 is 0.771 bits per heavy atom. The second kappa shape index (κ2) is 9.29. The molecule has 6 nitrogen and oxygen atoms in total. The summed E-state index contributed by atoms with van der Waals surface area (Å²) in [5, 5.41) is 6.83. The molecule has 0 saturated carbocycles. The number of carbonyl (C=O) groups is 1. The number of halogens is 1. The highest BCUT2D eigenvalue weighted by Crippen LogP contribution is 2.39. The van der Waals surface area contributed by atoms with E-state index in [1.165, 1.54) is 12.1 Å². The summed E-state index contributed by atoms with van der Waals surface area (Å²) in [5.74, 6) is -0.289. The minimum atomic E-state index is -3.79. The van der Waals surface area contributed by atoms with Gasteiger partial charge in [-0.25, -0.2) is 8.42 Å².